The number of para-hydroxylation sites is 2. The van der Waals surface area contributed by atoms with E-state index >= 15 is 0 Å². The third-order valence-corrected chi connectivity index (χ3v) is 4.40. The number of amides is 2. The average Bonchev–Trinajstić information content (AvgIpc) is 2.62. The van der Waals surface area contributed by atoms with Gasteiger partial charge >= 0.3 is 0 Å². The summed E-state index contributed by atoms with van der Waals surface area (Å²) >= 11 is 0. The van der Waals surface area contributed by atoms with E-state index < -0.39 is 0 Å². The molecule has 0 aliphatic rings. The number of anilines is 2. The SMILES string of the molecule is CNCC(C)C(=O)Nc1ccccc1NC(=O)c1ccc(C(C)(C)C)cc1.Cl. The van der Waals surface area contributed by atoms with Crippen LogP contribution in [0.2, 0.25) is 0 Å². The van der Waals surface area contributed by atoms with Gasteiger partial charge in [-0.25, -0.2) is 0 Å². The number of nitrogens with one attached hydrogen (secondary N) is 3. The number of halogens is 1. The van der Waals surface area contributed by atoms with E-state index in [0.29, 0.717) is 23.5 Å². The summed E-state index contributed by atoms with van der Waals surface area (Å²) in [4.78, 5) is 24.9. The van der Waals surface area contributed by atoms with Crippen LogP contribution in [-0.4, -0.2) is 25.4 Å². The maximum absolute atomic E-state index is 12.6. The summed E-state index contributed by atoms with van der Waals surface area (Å²) in [5, 5.41) is 8.77. The third kappa shape index (κ3) is 6.36. The fourth-order valence-corrected chi connectivity index (χ4v) is 2.67. The van der Waals surface area contributed by atoms with Gasteiger partial charge in [0.1, 0.15) is 0 Å². The minimum atomic E-state index is -0.208. The molecule has 0 saturated carbocycles. The summed E-state index contributed by atoms with van der Waals surface area (Å²) in [5.74, 6) is -0.482. The highest BCUT2D eigenvalue weighted by molar-refractivity contribution is 6.07. The molecule has 0 bridgehead atoms. The summed E-state index contributed by atoms with van der Waals surface area (Å²) in [6.07, 6.45) is 0. The lowest BCUT2D eigenvalue weighted by molar-refractivity contribution is -0.119. The molecule has 0 aromatic heterocycles. The summed E-state index contributed by atoms with van der Waals surface area (Å²) in [7, 11) is 1.81. The molecule has 2 aromatic carbocycles. The van der Waals surface area contributed by atoms with Gasteiger partial charge in [0, 0.05) is 18.0 Å². The van der Waals surface area contributed by atoms with Crippen molar-refractivity contribution >= 4 is 35.6 Å². The van der Waals surface area contributed by atoms with Crippen LogP contribution in [0.25, 0.3) is 0 Å². The molecule has 0 fully saturated rings. The highest BCUT2D eigenvalue weighted by Crippen LogP contribution is 2.24. The van der Waals surface area contributed by atoms with Crippen molar-refractivity contribution in [1.29, 1.82) is 0 Å². The summed E-state index contributed by atoms with van der Waals surface area (Å²) < 4.78 is 0. The second-order valence-electron chi connectivity index (χ2n) is 7.78. The van der Waals surface area contributed by atoms with Crippen molar-refractivity contribution in [1.82, 2.24) is 5.32 Å². The molecule has 6 heteroatoms. The standard InChI is InChI=1S/C22H29N3O2.ClH/c1-15(14-23-5)20(26)24-18-8-6-7-9-19(18)25-21(27)16-10-12-17(13-11-16)22(2,3)4;/h6-13,15,23H,14H2,1-5H3,(H,24,26)(H,25,27);1H. The fraction of sp³-hybridized carbons (Fsp3) is 0.364. The molecule has 0 saturated heterocycles. The van der Waals surface area contributed by atoms with E-state index in [9.17, 15) is 9.59 Å². The van der Waals surface area contributed by atoms with Gasteiger partial charge in [-0.2, -0.15) is 0 Å². The van der Waals surface area contributed by atoms with Crippen molar-refractivity contribution in [2.24, 2.45) is 5.92 Å². The van der Waals surface area contributed by atoms with Gasteiger partial charge in [0.25, 0.3) is 5.91 Å². The predicted octanol–water partition coefficient (Wildman–Crippen LogP) is 4.45. The van der Waals surface area contributed by atoms with Crippen LogP contribution in [0.5, 0.6) is 0 Å². The predicted molar refractivity (Wildman–Crippen MR) is 119 cm³/mol. The molecule has 2 amide bonds. The van der Waals surface area contributed by atoms with E-state index in [1.807, 2.05) is 50.4 Å². The third-order valence-electron chi connectivity index (χ3n) is 4.40. The Morgan fingerprint density at radius 1 is 0.929 bits per heavy atom. The number of benzene rings is 2. The van der Waals surface area contributed by atoms with E-state index in [0.717, 1.165) is 0 Å². The molecule has 28 heavy (non-hydrogen) atoms. The van der Waals surface area contributed by atoms with Crippen LogP contribution in [0.3, 0.4) is 0 Å². The first-order valence-electron chi connectivity index (χ1n) is 9.18. The zero-order chi connectivity index (χ0) is 20.0. The monoisotopic (exact) mass is 403 g/mol. The van der Waals surface area contributed by atoms with Crippen molar-refractivity contribution in [3.63, 3.8) is 0 Å². The molecule has 3 N–H and O–H groups in total. The van der Waals surface area contributed by atoms with Crippen molar-refractivity contribution < 1.29 is 9.59 Å². The van der Waals surface area contributed by atoms with Gasteiger partial charge in [-0.15, -0.1) is 12.4 Å². The Bertz CT molecular complexity index is 798. The van der Waals surface area contributed by atoms with Crippen molar-refractivity contribution in [3.8, 4) is 0 Å². The largest absolute Gasteiger partial charge is 0.324 e. The maximum atomic E-state index is 12.6. The minimum Gasteiger partial charge on any atom is -0.324 e. The first-order valence-corrected chi connectivity index (χ1v) is 9.18. The molecule has 0 radical (unpaired) electrons. The van der Waals surface area contributed by atoms with Crippen LogP contribution < -0.4 is 16.0 Å². The molecule has 2 aromatic rings. The molecule has 1 unspecified atom stereocenters. The smallest absolute Gasteiger partial charge is 0.255 e. The molecule has 1 atom stereocenters. The molecule has 0 aliphatic heterocycles. The van der Waals surface area contributed by atoms with Crippen LogP contribution >= 0.6 is 12.4 Å². The molecule has 0 spiro atoms. The van der Waals surface area contributed by atoms with E-state index in [4.69, 9.17) is 0 Å². The van der Waals surface area contributed by atoms with Crippen molar-refractivity contribution in [3.05, 3.63) is 59.7 Å². The quantitative estimate of drug-likeness (QED) is 0.667. The zero-order valence-electron chi connectivity index (χ0n) is 17.1. The topological polar surface area (TPSA) is 70.2 Å². The lowest BCUT2D eigenvalue weighted by Crippen LogP contribution is -2.29. The summed E-state index contributed by atoms with van der Waals surface area (Å²) in [6.45, 7) is 8.84. The number of carbonyl (C=O) groups excluding carboxylic acids is 2. The Morgan fingerprint density at radius 3 is 1.96 bits per heavy atom. The lowest BCUT2D eigenvalue weighted by atomic mass is 9.87. The lowest BCUT2D eigenvalue weighted by Gasteiger charge is -2.19. The van der Waals surface area contributed by atoms with Crippen LogP contribution in [-0.2, 0) is 10.2 Å². The fourth-order valence-electron chi connectivity index (χ4n) is 2.67. The molecular formula is C22H30ClN3O2. The molecule has 0 heterocycles. The van der Waals surface area contributed by atoms with Gasteiger partial charge in [-0.3, -0.25) is 9.59 Å². The average molecular weight is 404 g/mol. The van der Waals surface area contributed by atoms with Gasteiger partial charge in [0.2, 0.25) is 5.91 Å². The minimum absolute atomic E-state index is 0. The number of hydrogen-bond donors (Lipinski definition) is 3. The normalized spacial score (nSPS) is 11.9. The first kappa shape index (κ1) is 23.7. The Labute approximate surface area is 173 Å². The highest BCUT2D eigenvalue weighted by Gasteiger charge is 2.16. The Kier molecular flexibility index (Phi) is 8.66. The molecule has 2 rings (SSSR count). The van der Waals surface area contributed by atoms with Crippen LogP contribution in [0, 0.1) is 5.92 Å². The van der Waals surface area contributed by atoms with Crippen LogP contribution in [0.15, 0.2) is 48.5 Å². The number of hydrogen-bond acceptors (Lipinski definition) is 3. The Morgan fingerprint density at radius 2 is 1.46 bits per heavy atom. The molecule has 0 aliphatic carbocycles. The maximum Gasteiger partial charge on any atom is 0.255 e. The second-order valence-corrected chi connectivity index (χ2v) is 7.78. The van der Waals surface area contributed by atoms with Crippen LogP contribution in [0.4, 0.5) is 11.4 Å². The molecule has 152 valence electrons. The van der Waals surface area contributed by atoms with Gasteiger partial charge in [0.15, 0.2) is 0 Å². The first-order chi connectivity index (χ1) is 12.7. The van der Waals surface area contributed by atoms with E-state index in [2.05, 4.69) is 36.7 Å². The van der Waals surface area contributed by atoms with Gasteiger partial charge in [-0.05, 0) is 42.3 Å². The molecule has 5 nitrogen and oxygen atoms in total. The Hall–Kier alpha value is -2.37. The number of carbonyl (C=O) groups is 2. The second kappa shape index (κ2) is 10.2. The van der Waals surface area contributed by atoms with E-state index in [1.165, 1.54) is 5.56 Å². The number of rotatable bonds is 6. The van der Waals surface area contributed by atoms with Gasteiger partial charge in [0.05, 0.1) is 11.4 Å². The molecular weight excluding hydrogens is 374 g/mol. The summed E-state index contributed by atoms with van der Waals surface area (Å²) in [5.41, 5.74) is 2.95. The van der Waals surface area contributed by atoms with Gasteiger partial charge in [-0.1, -0.05) is 52.0 Å². The summed E-state index contributed by atoms with van der Waals surface area (Å²) in [6, 6.07) is 14.8. The van der Waals surface area contributed by atoms with E-state index in [-0.39, 0.29) is 35.6 Å². The zero-order valence-corrected chi connectivity index (χ0v) is 17.9. The van der Waals surface area contributed by atoms with Crippen LogP contribution in [0.1, 0.15) is 43.6 Å². The van der Waals surface area contributed by atoms with Crippen molar-refractivity contribution in [2.45, 2.75) is 33.1 Å². The van der Waals surface area contributed by atoms with Gasteiger partial charge < -0.3 is 16.0 Å². The Balaban J connectivity index is 0.00000392. The van der Waals surface area contributed by atoms with E-state index in [1.54, 1.807) is 12.1 Å². The van der Waals surface area contributed by atoms with Crippen molar-refractivity contribution in [2.75, 3.05) is 24.2 Å². The highest BCUT2D eigenvalue weighted by atomic mass is 35.5.